The largest absolute Gasteiger partial charge is 0.392 e. The Balaban J connectivity index is 2.68. The standard InChI is InChI=1S/C8H18N2O3S/c1-3-9-14(12,13)10-5-7(2)4-8(11)6-10/h7-9,11H,3-6H2,1-2H3/t7-,8+/m0/s1. The van der Waals surface area contributed by atoms with Crippen molar-refractivity contribution in [1.29, 1.82) is 0 Å². The molecule has 2 N–H and O–H groups in total. The van der Waals surface area contributed by atoms with Crippen molar-refractivity contribution in [2.24, 2.45) is 5.92 Å². The van der Waals surface area contributed by atoms with Crippen LogP contribution in [0.2, 0.25) is 0 Å². The molecule has 1 heterocycles. The van der Waals surface area contributed by atoms with Crippen LogP contribution in [0.4, 0.5) is 0 Å². The van der Waals surface area contributed by atoms with Crippen LogP contribution in [0.3, 0.4) is 0 Å². The van der Waals surface area contributed by atoms with Gasteiger partial charge in [0.05, 0.1) is 6.10 Å². The Labute approximate surface area is 85.3 Å². The van der Waals surface area contributed by atoms with Crippen LogP contribution in [0.1, 0.15) is 20.3 Å². The van der Waals surface area contributed by atoms with Crippen LogP contribution < -0.4 is 4.72 Å². The summed E-state index contributed by atoms with van der Waals surface area (Å²) in [5, 5.41) is 9.45. The highest BCUT2D eigenvalue weighted by molar-refractivity contribution is 7.87. The minimum Gasteiger partial charge on any atom is -0.392 e. The minimum absolute atomic E-state index is 0.208. The number of β-amino-alcohol motifs (C(OH)–C–C–N with tert-alkyl or cyclic N) is 1. The van der Waals surface area contributed by atoms with E-state index >= 15 is 0 Å². The van der Waals surface area contributed by atoms with Gasteiger partial charge in [0, 0.05) is 19.6 Å². The molecule has 1 saturated heterocycles. The fourth-order valence-corrected chi connectivity index (χ4v) is 3.11. The monoisotopic (exact) mass is 222 g/mol. The zero-order valence-corrected chi connectivity index (χ0v) is 9.42. The Morgan fingerprint density at radius 3 is 2.64 bits per heavy atom. The van der Waals surface area contributed by atoms with Crippen LogP contribution in [-0.4, -0.2) is 43.6 Å². The van der Waals surface area contributed by atoms with Gasteiger partial charge in [-0.15, -0.1) is 0 Å². The predicted molar refractivity (Wildman–Crippen MR) is 54.0 cm³/mol. The van der Waals surface area contributed by atoms with Crippen LogP contribution in [0, 0.1) is 5.92 Å². The molecule has 0 spiro atoms. The van der Waals surface area contributed by atoms with E-state index in [0.717, 1.165) is 0 Å². The van der Waals surface area contributed by atoms with E-state index in [1.807, 2.05) is 6.92 Å². The molecule has 1 rings (SSSR count). The third-order valence-corrected chi connectivity index (χ3v) is 3.90. The first-order valence-electron chi connectivity index (χ1n) is 4.88. The first-order chi connectivity index (χ1) is 6.45. The molecule has 0 aromatic rings. The van der Waals surface area contributed by atoms with Crippen molar-refractivity contribution in [2.45, 2.75) is 26.4 Å². The van der Waals surface area contributed by atoms with Crippen molar-refractivity contribution < 1.29 is 13.5 Å². The highest BCUT2D eigenvalue weighted by Gasteiger charge is 2.30. The van der Waals surface area contributed by atoms with Gasteiger partial charge in [-0.05, 0) is 12.3 Å². The number of hydrogen-bond acceptors (Lipinski definition) is 3. The maximum atomic E-state index is 11.6. The molecule has 1 aliphatic heterocycles. The zero-order chi connectivity index (χ0) is 10.8. The maximum absolute atomic E-state index is 11.6. The minimum atomic E-state index is -3.38. The normalized spacial score (nSPS) is 30.5. The summed E-state index contributed by atoms with van der Waals surface area (Å²) in [4.78, 5) is 0. The fourth-order valence-electron chi connectivity index (χ4n) is 1.74. The van der Waals surface area contributed by atoms with Gasteiger partial charge < -0.3 is 5.11 Å². The molecule has 0 bridgehead atoms. The molecule has 84 valence electrons. The third kappa shape index (κ3) is 2.91. The van der Waals surface area contributed by atoms with Crippen molar-refractivity contribution in [2.75, 3.05) is 19.6 Å². The lowest BCUT2D eigenvalue weighted by Crippen LogP contribution is -2.49. The number of aliphatic hydroxyl groups is 1. The van der Waals surface area contributed by atoms with Gasteiger partial charge in [-0.1, -0.05) is 13.8 Å². The number of piperidine rings is 1. The predicted octanol–water partition coefficient (Wildman–Crippen LogP) is -0.457. The van der Waals surface area contributed by atoms with E-state index < -0.39 is 16.3 Å². The topological polar surface area (TPSA) is 69.6 Å². The summed E-state index contributed by atoms with van der Waals surface area (Å²) in [7, 11) is -3.38. The molecule has 0 saturated carbocycles. The SMILES string of the molecule is CCNS(=O)(=O)N1C[C@@H](C)C[C@@H](O)C1. The van der Waals surface area contributed by atoms with E-state index in [-0.39, 0.29) is 12.5 Å². The molecule has 2 atom stereocenters. The van der Waals surface area contributed by atoms with Gasteiger partial charge in [0.15, 0.2) is 0 Å². The molecule has 1 aliphatic rings. The summed E-state index contributed by atoms with van der Waals surface area (Å²) in [5.41, 5.74) is 0. The molecule has 14 heavy (non-hydrogen) atoms. The van der Waals surface area contributed by atoms with E-state index in [1.54, 1.807) is 6.92 Å². The fraction of sp³-hybridized carbons (Fsp3) is 1.00. The molecule has 0 aromatic carbocycles. The second-order valence-electron chi connectivity index (χ2n) is 3.81. The smallest absolute Gasteiger partial charge is 0.279 e. The first-order valence-corrected chi connectivity index (χ1v) is 6.32. The molecule has 0 unspecified atom stereocenters. The molecule has 0 radical (unpaired) electrons. The van der Waals surface area contributed by atoms with E-state index in [0.29, 0.717) is 19.5 Å². The van der Waals surface area contributed by atoms with Crippen LogP contribution >= 0.6 is 0 Å². The van der Waals surface area contributed by atoms with Gasteiger partial charge in [0.2, 0.25) is 0 Å². The lowest BCUT2D eigenvalue weighted by atomic mass is 10.00. The third-order valence-electron chi connectivity index (χ3n) is 2.27. The van der Waals surface area contributed by atoms with Gasteiger partial charge in [-0.25, -0.2) is 4.72 Å². The van der Waals surface area contributed by atoms with Crippen molar-refractivity contribution in [3.05, 3.63) is 0 Å². The second-order valence-corrected chi connectivity index (χ2v) is 5.57. The molecule has 5 nitrogen and oxygen atoms in total. The summed E-state index contributed by atoms with van der Waals surface area (Å²) in [6.07, 6.45) is 0.144. The van der Waals surface area contributed by atoms with Gasteiger partial charge in [0.1, 0.15) is 0 Å². The molecular weight excluding hydrogens is 204 g/mol. The lowest BCUT2D eigenvalue weighted by Gasteiger charge is -2.32. The number of rotatable bonds is 3. The molecule has 6 heteroatoms. The van der Waals surface area contributed by atoms with E-state index in [9.17, 15) is 13.5 Å². The van der Waals surface area contributed by atoms with Crippen LogP contribution in [0.5, 0.6) is 0 Å². The average molecular weight is 222 g/mol. The summed E-state index contributed by atoms with van der Waals surface area (Å²) in [5.74, 6) is 0.215. The molecular formula is C8H18N2O3S. The number of nitrogens with zero attached hydrogens (tertiary/aromatic N) is 1. The summed E-state index contributed by atoms with van der Waals surface area (Å²) in [6, 6.07) is 0. The number of nitrogens with one attached hydrogen (secondary N) is 1. The van der Waals surface area contributed by atoms with E-state index in [2.05, 4.69) is 4.72 Å². The number of aliphatic hydroxyl groups excluding tert-OH is 1. The zero-order valence-electron chi connectivity index (χ0n) is 8.60. The molecule has 0 amide bonds. The quantitative estimate of drug-likeness (QED) is 0.679. The summed E-state index contributed by atoms with van der Waals surface area (Å²) in [6.45, 7) is 4.76. The van der Waals surface area contributed by atoms with Crippen LogP contribution in [-0.2, 0) is 10.2 Å². The van der Waals surface area contributed by atoms with E-state index in [1.165, 1.54) is 4.31 Å². The number of hydrogen-bond donors (Lipinski definition) is 2. The molecule has 1 fully saturated rings. The summed E-state index contributed by atoms with van der Waals surface area (Å²) < 4.78 is 26.9. The maximum Gasteiger partial charge on any atom is 0.279 e. The highest BCUT2D eigenvalue weighted by Crippen LogP contribution is 2.18. The van der Waals surface area contributed by atoms with E-state index in [4.69, 9.17) is 0 Å². The van der Waals surface area contributed by atoms with Crippen molar-refractivity contribution in [3.8, 4) is 0 Å². The first kappa shape index (κ1) is 11.9. The van der Waals surface area contributed by atoms with Crippen molar-refractivity contribution >= 4 is 10.2 Å². The Bertz CT molecular complexity index is 268. The Morgan fingerprint density at radius 2 is 2.14 bits per heavy atom. The van der Waals surface area contributed by atoms with Crippen molar-refractivity contribution in [3.63, 3.8) is 0 Å². The second kappa shape index (κ2) is 4.57. The Kier molecular flexibility index (Phi) is 3.88. The Hall–Kier alpha value is -0.170. The van der Waals surface area contributed by atoms with Crippen LogP contribution in [0.25, 0.3) is 0 Å². The highest BCUT2D eigenvalue weighted by atomic mass is 32.2. The van der Waals surface area contributed by atoms with Crippen LogP contribution in [0.15, 0.2) is 0 Å². The molecule has 0 aliphatic carbocycles. The summed E-state index contributed by atoms with van der Waals surface area (Å²) >= 11 is 0. The average Bonchev–Trinajstić information content (AvgIpc) is 2.02. The molecule has 0 aromatic heterocycles. The lowest BCUT2D eigenvalue weighted by molar-refractivity contribution is 0.0815. The van der Waals surface area contributed by atoms with Gasteiger partial charge in [0.25, 0.3) is 10.2 Å². The van der Waals surface area contributed by atoms with Crippen molar-refractivity contribution in [1.82, 2.24) is 9.03 Å². The van der Waals surface area contributed by atoms with Gasteiger partial charge >= 0.3 is 0 Å². The van der Waals surface area contributed by atoms with Gasteiger partial charge in [-0.2, -0.15) is 12.7 Å². The van der Waals surface area contributed by atoms with Gasteiger partial charge in [-0.3, -0.25) is 0 Å². The Morgan fingerprint density at radius 1 is 1.50 bits per heavy atom.